The molecule has 0 radical (unpaired) electrons. The number of nitrogens with zero attached hydrogens (tertiary/aromatic N) is 3. The minimum atomic E-state index is -0.643. The van der Waals surface area contributed by atoms with E-state index in [4.69, 9.17) is 0 Å². The van der Waals surface area contributed by atoms with Crippen LogP contribution in [0, 0.1) is 17.6 Å². The summed E-state index contributed by atoms with van der Waals surface area (Å²) in [5.41, 5.74) is 2.06. The van der Waals surface area contributed by atoms with Gasteiger partial charge in [0.2, 0.25) is 5.95 Å². The summed E-state index contributed by atoms with van der Waals surface area (Å²) in [4.78, 5) is 12.6. The Labute approximate surface area is 152 Å². The lowest BCUT2D eigenvalue weighted by Crippen LogP contribution is -1.99. The standard InChI is InChI=1S/C20H13F3N4/c1-24-20-15-8-11(14-5-4-13(21)9-16(14)22)2-6-17(15)26-19(27-20)12-3-7-18(23)25-10-12/h2-10H,1H3,(H,24,26,27). The second-order valence-electron chi connectivity index (χ2n) is 5.87. The van der Waals surface area contributed by atoms with Gasteiger partial charge in [-0.25, -0.2) is 23.7 Å². The molecule has 4 rings (SSSR count). The van der Waals surface area contributed by atoms with Crippen LogP contribution in [0.5, 0.6) is 0 Å². The molecular weight excluding hydrogens is 353 g/mol. The third-order valence-electron chi connectivity index (χ3n) is 4.16. The van der Waals surface area contributed by atoms with Gasteiger partial charge >= 0.3 is 0 Å². The highest BCUT2D eigenvalue weighted by atomic mass is 19.1. The Kier molecular flexibility index (Phi) is 4.19. The van der Waals surface area contributed by atoms with Gasteiger partial charge < -0.3 is 5.32 Å². The number of nitrogens with one attached hydrogen (secondary N) is 1. The largest absolute Gasteiger partial charge is 0.373 e. The van der Waals surface area contributed by atoms with E-state index >= 15 is 0 Å². The van der Waals surface area contributed by atoms with E-state index in [-0.39, 0.29) is 5.56 Å². The van der Waals surface area contributed by atoms with E-state index in [1.165, 1.54) is 24.4 Å². The molecule has 2 aromatic carbocycles. The average Bonchev–Trinajstić information content (AvgIpc) is 2.67. The van der Waals surface area contributed by atoms with E-state index in [2.05, 4.69) is 20.3 Å². The Bertz CT molecular complexity index is 1140. The molecule has 134 valence electrons. The van der Waals surface area contributed by atoms with Gasteiger partial charge in [0.25, 0.3) is 0 Å². The second-order valence-corrected chi connectivity index (χ2v) is 5.87. The van der Waals surface area contributed by atoms with Gasteiger partial charge in [-0.05, 0) is 42.0 Å². The van der Waals surface area contributed by atoms with Gasteiger partial charge in [-0.15, -0.1) is 0 Å². The van der Waals surface area contributed by atoms with Crippen molar-refractivity contribution in [2.24, 2.45) is 0 Å². The predicted octanol–water partition coefficient (Wildman–Crippen LogP) is 4.82. The van der Waals surface area contributed by atoms with Gasteiger partial charge in [-0.3, -0.25) is 0 Å². The quantitative estimate of drug-likeness (QED) is 0.528. The molecule has 0 aliphatic rings. The molecule has 4 aromatic rings. The summed E-state index contributed by atoms with van der Waals surface area (Å²) in [5.74, 6) is -0.938. The van der Waals surface area contributed by atoms with Crippen LogP contribution in [0.15, 0.2) is 54.7 Å². The van der Waals surface area contributed by atoms with Crippen molar-refractivity contribution in [1.29, 1.82) is 0 Å². The zero-order chi connectivity index (χ0) is 19.0. The zero-order valence-electron chi connectivity index (χ0n) is 14.2. The maximum absolute atomic E-state index is 14.1. The van der Waals surface area contributed by atoms with Crippen molar-refractivity contribution in [2.75, 3.05) is 12.4 Å². The fraction of sp³-hybridized carbons (Fsp3) is 0.0500. The van der Waals surface area contributed by atoms with Gasteiger partial charge in [0.05, 0.1) is 5.52 Å². The second kappa shape index (κ2) is 6.68. The summed E-state index contributed by atoms with van der Waals surface area (Å²) in [6.45, 7) is 0. The van der Waals surface area contributed by atoms with Crippen LogP contribution in [-0.4, -0.2) is 22.0 Å². The van der Waals surface area contributed by atoms with Crippen LogP contribution in [0.2, 0.25) is 0 Å². The molecule has 2 heterocycles. The number of halogens is 3. The van der Waals surface area contributed by atoms with Crippen LogP contribution in [0.1, 0.15) is 0 Å². The van der Waals surface area contributed by atoms with Gasteiger partial charge in [-0.1, -0.05) is 6.07 Å². The minimum absolute atomic E-state index is 0.284. The van der Waals surface area contributed by atoms with Crippen molar-refractivity contribution in [3.8, 4) is 22.5 Å². The molecule has 0 saturated heterocycles. The van der Waals surface area contributed by atoms with E-state index < -0.39 is 17.6 Å². The number of rotatable bonds is 3. The van der Waals surface area contributed by atoms with Crippen molar-refractivity contribution in [3.63, 3.8) is 0 Å². The topological polar surface area (TPSA) is 50.7 Å². The lowest BCUT2D eigenvalue weighted by atomic mass is 10.0. The number of aromatic nitrogens is 3. The lowest BCUT2D eigenvalue weighted by Gasteiger charge is -2.10. The summed E-state index contributed by atoms with van der Waals surface area (Å²) in [7, 11) is 1.71. The molecule has 4 nitrogen and oxygen atoms in total. The van der Waals surface area contributed by atoms with Crippen LogP contribution >= 0.6 is 0 Å². The number of hydrogen-bond acceptors (Lipinski definition) is 4. The molecule has 1 N–H and O–H groups in total. The first-order chi connectivity index (χ1) is 13.0. The van der Waals surface area contributed by atoms with E-state index in [1.54, 1.807) is 31.3 Å². The highest BCUT2D eigenvalue weighted by Crippen LogP contribution is 2.30. The SMILES string of the molecule is CNc1nc(-c2ccc(F)nc2)nc2ccc(-c3ccc(F)cc3F)cc12. The maximum Gasteiger partial charge on any atom is 0.212 e. The minimum Gasteiger partial charge on any atom is -0.373 e. The van der Waals surface area contributed by atoms with E-state index in [0.29, 0.717) is 33.7 Å². The highest BCUT2D eigenvalue weighted by molar-refractivity contribution is 5.93. The van der Waals surface area contributed by atoms with Crippen LogP contribution in [-0.2, 0) is 0 Å². The third kappa shape index (κ3) is 3.19. The molecule has 0 bridgehead atoms. The Hall–Kier alpha value is -3.48. The molecule has 0 unspecified atom stereocenters. The van der Waals surface area contributed by atoms with Crippen LogP contribution in [0.3, 0.4) is 0 Å². The molecule has 0 aliphatic heterocycles. The zero-order valence-corrected chi connectivity index (χ0v) is 14.2. The highest BCUT2D eigenvalue weighted by Gasteiger charge is 2.12. The summed E-state index contributed by atoms with van der Waals surface area (Å²) in [6, 6.07) is 11.4. The van der Waals surface area contributed by atoms with Crippen LogP contribution < -0.4 is 5.32 Å². The Morgan fingerprint density at radius 3 is 2.37 bits per heavy atom. The van der Waals surface area contributed by atoms with Crippen LogP contribution in [0.4, 0.5) is 19.0 Å². The number of fused-ring (bicyclic) bond motifs is 1. The monoisotopic (exact) mass is 366 g/mol. The number of pyridine rings is 1. The van der Waals surface area contributed by atoms with Crippen molar-refractivity contribution >= 4 is 16.7 Å². The Balaban J connectivity index is 1.86. The smallest absolute Gasteiger partial charge is 0.212 e. The van der Waals surface area contributed by atoms with Crippen molar-refractivity contribution in [3.05, 3.63) is 72.3 Å². The summed E-state index contributed by atoms with van der Waals surface area (Å²) < 4.78 is 40.3. The first kappa shape index (κ1) is 17.0. The first-order valence-electron chi connectivity index (χ1n) is 8.12. The maximum atomic E-state index is 14.1. The molecule has 0 aliphatic carbocycles. The summed E-state index contributed by atoms with van der Waals surface area (Å²) >= 11 is 0. The van der Waals surface area contributed by atoms with E-state index in [9.17, 15) is 13.2 Å². The molecule has 7 heteroatoms. The molecule has 0 saturated carbocycles. The third-order valence-corrected chi connectivity index (χ3v) is 4.16. The first-order valence-corrected chi connectivity index (χ1v) is 8.12. The van der Waals surface area contributed by atoms with E-state index in [1.807, 2.05) is 0 Å². The molecule has 0 atom stereocenters. The van der Waals surface area contributed by atoms with Crippen molar-refractivity contribution in [2.45, 2.75) is 0 Å². The molecule has 0 spiro atoms. The van der Waals surface area contributed by atoms with Gasteiger partial charge in [0.15, 0.2) is 5.82 Å². The molecule has 0 fully saturated rings. The van der Waals surface area contributed by atoms with Crippen LogP contribution in [0.25, 0.3) is 33.4 Å². The van der Waals surface area contributed by atoms with Gasteiger partial charge in [0, 0.05) is 35.8 Å². The average molecular weight is 366 g/mol. The normalized spacial score (nSPS) is 11.0. The van der Waals surface area contributed by atoms with E-state index in [0.717, 1.165) is 6.07 Å². The Morgan fingerprint density at radius 2 is 1.67 bits per heavy atom. The summed E-state index contributed by atoms with van der Waals surface area (Å²) in [5, 5.41) is 3.67. The van der Waals surface area contributed by atoms with Crippen molar-refractivity contribution < 1.29 is 13.2 Å². The summed E-state index contributed by atoms with van der Waals surface area (Å²) in [6.07, 6.45) is 1.36. The fourth-order valence-electron chi connectivity index (χ4n) is 2.85. The molecule has 2 aromatic heterocycles. The Morgan fingerprint density at radius 1 is 0.852 bits per heavy atom. The number of anilines is 1. The predicted molar refractivity (Wildman–Crippen MR) is 97.6 cm³/mol. The van der Waals surface area contributed by atoms with Gasteiger partial charge in [-0.2, -0.15) is 4.39 Å². The fourth-order valence-corrected chi connectivity index (χ4v) is 2.85. The molecule has 0 amide bonds. The number of benzene rings is 2. The van der Waals surface area contributed by atoms with Crippen molar-refractivity contribution in [1.82, 2.24) is 15.0 Å². The molecular formula is C20H13F3N4. The number of hydrogen-bond donors (Lipinski definition) is 1. The van der Waals surface area contributed by atoms with Gasteiger partial charge in [0.1, 0.15) is 17.5 Å². The molecule has 27 heavy (non-hydrogen) atoms. The lowest BCUT2D eigenvalue weighted by molar-refractivity contribution is 0.584.